The van der Waals surface area contributed by atoms with Crippen LogP contribution in [0.1, 0.15) is 22.4 Å². The number of aryl methyl sites for hydroxylation is 1. The third-order valence-corrected chi connectivity index (χ3v) is 4.74. The number of benzene rings is 1. The molecule has 0 saturated carbocycles. The number of hydrogen-bond acceptors (Lipinski definition) is 4. The molecule has 0 saturated heterocycles. The SMILES string of the molecule is Cc1ccccc1CN1CCc2c(nc(-c3cccnc3)[nH]c2=O)C1. The maximum Gasteiger partial charge on any atom is 0.254 e. The van der Waals surface area contributed by atoms with Gasteiger partial charge in [0.25, 0.3) is 5.56 Å². The van der Waals surface area contributed by atoms with Crippen LogP contribution >= 0.6 is 0 Å². The third kappa shape index (κ3) is 3.23. The molecule has 0 aliphatic carbocycles. The minimum absolute atomic E-state index is 0.0283. The number of rotatable bonds is 3. The van der Waals surface area contributed by atoms with Crippen molar-refractivity contribution in [3.05, 3.63) is 81.5 Å². The number of nitrogens with zero attached hydrogens (tertiary/aromatic N) is 3. The van der Waals surface area contributed by atoms with Crippen LogP contribution in [-0.2, 0) is 19.5 Å². The molecule has 1 aliphatic rings. The molecule has 0 fully saturated rings. The van der Waals surface area contributed by atoms with Gasteiger partial charge >= 0.3 is 0 Å². The van der Waals surface area contributed by atoms with E-state index in [0.717, 1.165) is 36.3 Å². The Labute approximate surface area is 146 Å². The number of fused-ring (bicyclic) bond motifs is 1. The number of H-pyrrole nitrogens is 1. The van der Waals surface area contributed by atoms with E-state index in [1.54, 1.807) is 12.4 Å². The van der Waals surface area contributed by atoms with Gasteiger partial charge in [0.05, 0.1) is 5.69 Å². The Kier molecular flexibility index (Phi) is 4.15. The van der Waals surface area contributed by atoms with E-state index in [-0.39, 0.29) is 5.56 Å². The summed E-state index contributed by atoms with van der Waals surface area (Å²) in [4.78, 5) is 26.5. The molecule has 5 heteroatoms. The second-order valence-electron chi connectivity index (χ2n) is 6.47. The normalized spacial score (nSPS) is 14.3. The van der Waals surface area contributed by atoms with Crippen LogP contribution in [0.4, 0.5) is 0 Å². The van der Waals surface area contributed by atoms with Crippen LogP contribution < -0.4 is 5.56 Å². The number of aromatic amines is 1. The Balaban J connectivity index is 1.63. The van der Waals surface area contributed by atoms with Crippen molar-refractivity contribution in [1.82, 2.24) is 19.9 Å². The van der Waals surface area contributed by atoms with Gasteiger partial charge in [-0.1, -0.05) is 24.3 Å². The summed E-state index contributed by atoms with van der Waals surface area (Å²) >= 11 is 0. The smallest absolute Gasteiger partial charge is 0.254 e. The average Bonchev–Trinajstić information content (AvgIpc) is 2.64. The summed E-state index contributed by atoms with van der Waals surface area (Å²) in [5.74, 6) is 0.592. The minimum atomic E-state index is -0.0283. The zero-order valence-electron chi connectivity index (χ0n) is 14.2. The van der Waals surface area contributed by atoms with Gasteiger partial charge in [-0.15, -0.1) is 0 Å². The van der Waals surface area contributed by atoms with Crippen LogP contribution in [0.3, 0.4) is 0 Å². The Bertz CT molecular complexity index is 949. The maximum absolute atomic E-state index is 12.4. The first-order valence-electron chi connectivity index (χ1n) is 8.50. The van der Waals surface area contributed by atoms with E-state index in [1.807, 2.05) is 12.1 Å². The highest BCUT2D eigenvalue weighted by Crippen LogP contribution is 2.20. The first-order valence-corrected chi connectivity index (χ1v) is 8.50. The van der Waals surface area contributed by atoms with Gasteiger partial charge < -0.3 is 4.98 Å². The van der Waals surface area contributed by atoms with Crippen molar-refractivity contribution in [2.45, 2.75) is 26.4 Å². The zero-order chi connectivity index (χ0) is 17.2. The third-order valence-electron chi connectivity index (χ3n) is 4.74. The van der Waals surface area contributed by atoms with Crippen LogP contribution in [0.2, 0.25) is 0 Å². The summed E-state index contributed by atoms with van der Waals surface area (Å²) in [6.45, 7) is 4.58. The van der Waals surface area contributed by atoms with Crippen molar-refractivity contribution in [2.75, 3.05) is 6.54 Å². The molecule has 5 nitrogen and oxygen atoms in total. The fraction of sp³-hybridized carbons (Fsp3) is 0.250. The van der Waals surface area contributed by atoms with Gasteiger partial charge in [-0.2, -0.15) is 0 Å². The van der Waals surface area contributed by atoms with Gasteiger partial charge in [0.1, 0.15) is 5.82 Å². The van der Waals surface area contributed by atoms with E-state index in [4.69, 9.17) is 4.98 Å². The van der Waals surface area contributed by atoms with E-state index in [9.17, 15) is 4.79 Å². The highest BCUT2D eigenvalue weighted by Gasteiger charge is 2.21. The Morgan fingerprint density at radius 2 is 2.08 bits per heavy atom. The Morgan fingerprint density at radius 3 is 2.88 bits per heavy atom. The lowest BCUT2D eigenvalue weighted by molar-refractivity contribution is 0.240. The molecule has 0 amide bonds. The molecule has 25 heavy (non-hydrogen) atoms. The van der Waals surface area contributed by atoms with E-state index in [0.29, 0.717) is 12.4 Å². The summed E-state index contributed by atoms with van der Waals surface area (Å²) in [6.07, 6.45) is 4.17. The largest absolute Gasteiger partial charge is 0.306 e. The summed E-state index contributed by atoms with van der Waals surface area (Å²) < 4.78 is 0. The summed E-state index contributed by atoms with van der Waals surface area (Å²) in [5, 5.41) is 0. The minimum Gasteiger partial charge on any atom is -0.306 e. The molecule has 0 atom stereocenters. The van der Waals surface area contributed by atoms with Crippen molar-refractivity contribution in [3.63, 3.8) is 0 Å². The Morgan fingerprint density at radius 1 is 1.20 bits per heavy atom. The van der Waals surface area contributed by atoms with Crippen molar-refractivity contribution in [2.24, 2.45) is 0 Å². The molecule has 1 aromatic carbocycles. The van der Waals surface area contributed by atoms with Crippen molar-refractivity contribution in [3.8, 4) is 11.4 Å². The topological polar surface area (TPSA) is 61.9 Å². The molecule has 1 aliphatic heterocycles. The second-order valence-corrected chi connectivity index (χ2v) is 6.47. The van der Waals surface area contributed by atoms with E-state index in [2.05, 4.69) is 46.1 Å². The Hall–Kier alpha value is -2.79. The van der Waals surface area contributed by atoms with E-state index >= 15 is 0 Å². The quantitative estimate of drug-likeness (QED) is 0.801. The van der Waals surface area contributed by atoms with Crippen molar-refractivity contribution >= 4 is 0 Å². The van der Waals surface area contributed by atoms with Gasteiger partial charge in [0, 0.05) is 43.2 Å². The fourth-order valence-corrected chi connectivity index (χ4v) is 3.30. The van der Waals surface area contributed by atoms with Crippen LogP contribution in [0.25, 0.3) is 11.4 Å². The molecule has 0 bridgehead atoms. The van der Waals surface area contributed by atoms with E-state index in [1.165, 1.54) is 11.1 Å². The summed E-state index contributed by atoms with van der Waals surface area (Å²) in [5.41, 5.74) is 5.11. The van der Waals surface area contributed by atoms with E-state index < -0.39 is 0 Å². The molecular weight excluding hydrogens is 312 g/mol. The van der Waals surface area contributed by atoms with Crippen LogP contribution in [-0.4, -0.2) is 26.4 Å². The number of hydrogen-bond donors (Lipinski definition) is 1. The maximum atomic E-state index is 12.4. The first kappa shape index (κ1) is 15.7. The summed E-state index contributed by atoms with van der Waals surface area (Å²) in [6, 6.07) is 12.2. The predicted octanol–water partition coefficient (Wildman–Crippen LogP) is 2.70. The molecule has 126 valence electrons. The van der Waals surface area contributed by atoms with Crippen LogP contribution in [0.15, 0.2) is 53.6 Å². The monoisotopic (exact) mass is 332 g/mol. The van der Waals surface area contributed by atoms with Gasteiger partial charge in [-0.05, 0) is 36.6 Å². The molecule has 3 aromatic rings. The molecule has 0 spiro atoms. The molecule has 4 rings (SSSR count). The lowest BCUT2D eigenvalue weighted by Crippen LogP contribution is -2.35. The van der Waals surface area contributed by atoms with Crippen molar-refractivity contribution in [1.29, 1.82) is 0 Å². The predicted molar refractivity (Wildman–Crippen MR) is 97.1 cm³/mol. The van der Waals surface area contributed by atoms with Crippen molar-refractivity contribution < 1.29 is 0 Å². The zero-order valence-corrected chi connectivity index (χ0v) is 14.2. The van der Waals surface area contributed by atoms with Crippen LogP contribution in [0.5, 0.6) is 0 Å². The number of pyridine rings is 1. The van der Waals surface area contributed by atoms with Gasteiger partial charge in [-0.25, -0.2) is 4.98 Å². The lowest BCUT2D eigenvalue weighted by Gasteiger charge is -2.28. The average molecular weight is 332 g/mol. The van der Waals surface area contributed by atoms with Gasteiger partial charge in [0.15, 0.2) is 0 Å². The fourth-order valence-electron chi connectivity index (χ4n) is 3.30. The molecule has 2 aromatic heterocycles. The lowest BCUT2D eigenvalue weighted by atomic mass is 10.0. The molecule has 1 N–H and O–H groups in total. The van der Waals surface area contributed by atoms with Crippen LogP contribution in [0, 0.1) is 6.92 Å². The molecule has 0 radical (unpaired) electrons. The molecule has 0 unspecified atom stereocenters. The second kappa shape index (κ2) is 6.61. The highest BCUT2D eigenvalue weighted by molar-refractivity contribution is 5.53. The standard InChI is InChI=1S/C20H20N4O/c1-14-5-2-3-6-16(14)12-24-10-8-17-18(13-24)22-19(23-20(17)25)15-7-4-9-21-11-15/h2-7,9,11H,8,10,12-13H2,1H3,(H,22,23,25). The summed E-state index contributed by atoms with van der Waals surface area (Å²) in [7, 11) is 0. The number of aromatic nitrogens is 3. The molecular formula is C20H20N4O. The van der Waals surface area contributed by atoms with Gasteiger partial charge in [0.2, 0.25) is 0 Å². The first-order chi connectivity index (χ1) is 12.2. The van der Waals surface area contributed by atoms with Gasteiger partial charge in [-0.3, -0.25) is 14.7 Å². The highest BCUT2D eigenvalue weighted by atomic mass is 16.1. The number of nitrogens with one attached hydrogen (secondary N) is 1. The molecule has 3 heterocycles.